The van der Waals surface area contributed by atoms with Crippen molar-refractivity contribution in [3.05, 3.63) is 20.8 Å². The molecule has 1 rings (SSSR count). The molecule has 0 radical (unpaired) electrons. The van der Waals surface area contributed by atoms with Crippen molar-refractivity contribution in [2.75, 3.05) is 14.2 Å². The molecule has 1 unspecified atom stereocenters. The Kier molecular flexibility index (Phi) is 4.09. The molecule has 1 heterocycles. The number of rotatable bonds is 4. The van der Waals surface area contributed by atoms with Crippen LogP contribution in [0.4, 0.5) is 0 Å². The molecule has 14 heavy (non-hydrogen) atoms. The molecular formula is C9H13BrO3S. The van der Waals surface area contributed by atoms with Crippen LogP contribution in [0.25, 0.3) is 0 Å². The van der Waals surface area contributed by atoms with Gasteiger partial charge in [0.2, 0.25) is 0 Å². The van der Waals surface area contributed by atoms with E-state index in [-0.39, 0.29) is 0 Å². The number of aliphatic hydroxyl groups is 1. The average molecular weight is 281 g/mol. The maximum atomic E-state index is 10.2. The Hall–Kier alpha value is 0.0600. The molecule has 1 aromatic heterocycles. The number of hydrogen-bond acceptors (Lipinski definition) is 4. The highest BCUT2D eigenvalue weighted by molar-refractivity contribution is 9.10. The van der Waals surface area contributed by atoms with Gasteiger partial charge in [0.15, 0.2) is 6.29 Å². The second-order valence-electron chi connectivity index (χ2n) is 3.05. The Morgan fingerprint density at radius 2 is 2.07 bits per heavy atom. The zero-order chi connectivity index (χ0) is 10.8. The summed E-state index contributed by atoms with van der Waals surface area (Å²) in [5.41, 5.74) is -1.14. The Labute approximate surface area is 95.8 Å². The van der Waals surface area contributed by atoms with Gasteiger partial charge < -0.3 is 14.6 Å². The van der Waals surface area contributed by atoms with E-state index in [0.717, 1.165) is 9.35 Å². The summed E-state index contributed by atoms with van der Waals surface area (Å²) >= 11 is 4.83. The predicted octanol–water partition coefficient (Wildman–Crippen LogP) is 2.34. The summed E-state index contributed by atoms with van der Waals surface area (Å²) < 4.78 is 11.0. The molecule has 0 saturated heterocycles. The molecule has 0 amide bonds. The van der Waals surface area contributed by atoms with Gasteiger partial charge in [-0.25, -0.2) is 0 Å². The van der Waals surface area contributed by atoms with E-state index in [4.69, 9.17) is 9.47 Å². The number of methoxy groups -OCH3 is 2. The normalized spacial score (nSPS) is 15.9. The van der Waals surface area contributed by atoms with Crippen LogP contribution < -0.4 is 0 Å². The maximum absolute atomic E-state index is 10.2. The van der Waals surface area contributed by atoms with Gasteiger partial charge in [0, 0.05) is 18.7 Å². The molecule has 1 N–H and O–H groups in total. The first kappa shape index (κ1) is 12.1. The van der Waals surface area contributed by atoms with Crippen molar-refractivity contribution in [1.82, 2.24) is 0 Å². The van der Waals surface area contributed by atoms with Crippen molar-refractivity contribution in [2.24, 2.45) is 0 Å². The monoisotopic (exact) mass is 280 g/mol. The van der Waals surface area contributed by atoms with Crippen molar-refractivity contribution in [1.29, 1.82) is 0 Å². The molecule has 5 heteroatoms. The highest BCUT2D eigenvalue weighted by Gasteiger charge is 2.36. The van der Waals surface area contributed by atoms with E-state index in [1.54, 1.807) is 6.92 Å². The van der Waals surface area contributed by atoms with Crippen molar-refractivity contribution in [3.8, 4) is 0 Å². The van der Waals surface area contributed by atoms with Crippen LogP contribution in [0.1, 0.15) is 11.8 Å². The number of hydrogen-bond donors (Lipinski definition) is 1. The summed E-state index contributed by atoms with van der Waals surface area (Å²) in [5.74, 6) is 0. The largest absolute Gasteiger partial charge is 0.379 e. The Morgan fingerprint density at radius 1 is 1.50 bits per heavy atom. The van der Waals surface area contributed by atoms with Crippen LogP contribution >= 0.6 is 27.3 Å². The van der Waals surface area contributed by atoms with Crippen molar-refractivity contribution in [2.45, 2.75) is 18.8 Å². The first-order chi connectivity index (χ1) is 6.54. The topological polar surface area (TPSA) is 38.7 Å². The predicted molar refractivity (Wildman–Crippen MR) is 59.4 cm³/mol. The number of thiophene rings is 1. The second kappa shape index (κ2) is 4.72. The average Bonchev–Trinajstić information content (AvgIpc) is 2.53. The van der Waals surface area contributed by atoms with E-state index in [1.807, 2.05) is 11.4 Å². The summed E-state index contributed by atoms with van der Waals surface area (Å²) in [6.07, 6.45) is -0.669. The number of ether oxygens (including phenoxy) is 2. The van der Waals surface area contributed by atoms with Gasteiger partial charge >= 0.3 is 0 Å². The molecule has 0 fully saturated rings. The first-order valence-corrected chi connectivity index (χ1v) is 5.72. The highest BCUT2D eigenvalue weighted by atomic mass is 79.9. The second-order valence-corrected chi connectivity index (χ2v) is 4.82. The number of halogens is 1. The molecular weight excluding hydrogens is 268 g/mol. The Bertz CT molecular complexity index is 294. The quantitative estimate of drug-likeness (QED) is 0.861. The summed E-state index contributed by atoms with van der Waals surface area (Å²) in [7, 11) is 3.01. The van der Waals surface area contributed by atoms with Crippen LogP contribution in [0.15, 0.2) is 15.9 Å². The molecule has 0 saturated carbocycles. The van der Waals surface area contributed by atoms with Gasteiger partial charge in [-0.05, 0) is 34.3 Å². The lowest BCUT2D eigenvalue weighted by Crippen LogP contribution is -2.38. The lowest BCUT2D eigenvalue weighted by atomic mass is 10.0. The van der Waals surface area contributed by atoms with E-state index >= 15 is 0 Å². The van der Waals surface area contributed by atoms with E-state index in [1.165, 1.54) is 25.6 Å². The zero-order valence-electron chi connectivity index (χ0n) is 8.28. The minimum Gasteiger partial charge on any atom is -0.379 e. The van der Waals surface area contributed by atoms with Crippen LogP contribution in [0, 0.1) is 0 Å². The third-order valence-corrected chi connectivity index (χ3v) is 4.03. The third-order valence-electron chi connectivity index (χ3n) is 1.96. The van der Waals surface area contributed by atoms with Crippen molar-refractivity contribution < 1.29 is 14.6 Å². The van der Waals surface area contributed by atoms with E-state index in [2.05, 4.69) is 15.9 Å². The van der Waals surface area contributed by atoms with Gasteiger partial charge in [-0.15, -0.1) is 11.3 Å². The smallest absolute Gasteiger partial charge is 0.190 e. The van der Waals surface area contributed by atoms with Gasteiger partial charge in [-0.2, -0.15) is 0 Å². The van der Waals surface area contributed by atoms with Crippen LogP contribution in [0.3, 0.4) is 0 Å². The van der Waals surface area contributed by atoms with Crippen molar-refractivity contribution in [3.63, 3.8) is 0 Å². The van der Waals surface area contributed by atoms with Gasteiger partial charge in [0.25, 0.3) is 0 Å². The molecule has 0 aliphatic carbocycles. The highest BCUT2D eigenvalue weighted by Crippen LogP contribution is 2.36. The molecule has 0 spiro atoms. The van der Waals surface area contributed by atoms with Crippen LogP contribution in [0.5, 0.6) is 0 Å². The fourth-order valence-corrected chi connectivity index (χ4v) is 3.16. The molecule has 0 aliphatic heterocycles. The SMILES string of the molecule is COC(OC)C(C)(O)c1sccc1Br. The summed E-state index contributed by atoms with van der Waals surface area (Å²) in [4.78, 5) is 0.797. The zero-order valence-corrected chi connectivity index (χ0v) is 10.7. The van der Waals surface area contributed by atoms with Gasteiger partial charge in [-0.3, -0.25) is 0 Å². The van der Waals surface area contributed by atoms with Crippen LogP contribution in [0.2, 0.25) is 0 Å². The van der Waals surface area contributed by atoms with Crippen LogP contribution in [-0.4, -0.2) is 25.6 Å². The fraction of sp³-hybridized carbons (Fsp3) is 0.556. The van der Waals surface area contributed by atoms with E-state index in [9.17, 15) is 5.11 Å². The summed E-state index contributed by atoms with van der Waals surface area (Å²) in [6.45, 7) is 1.67. The minimum atomic E-state index is -1.14. The molecule has 0 aromatic carbocycles. The fourth-order valence-electron chi connectivity index (χ4n) is 1.32. The standard InChI is InChI=1S/C9H13BrO3S/c1-9(11,8(12-2)13-3)7-6(10)4-5-14-7/h4-5,8,11H,1-3H3. The lowest BCUT2D eigenvalue weighted by Gasteiger charge is -2.29. The van der Waals surface area contributed by atoms with E-state index < -0.39 is 11.9 Å². The first-order valence-electron chi connectivity index (χ1n) is 4.05. The van der Waals surface area contributed by atoms with Gasteiger partial charge in [0.1, 0.15) is 5.60 Å². The molecule has 1 atom stereocenters. The molecule has 0 aliphatic rings. The Balaban J connectivity index is 3.00. The van der Waals surface area contributed by atoms with E-state index in [0.29, 0.717) is 0 Å². The molecule has 1 aromatic rings. The minimum absolute atomic E-state index is 0.669. The van der Waals surface area contributed by atoms with Gasteiger partial charge in [-0.1, -0.05) is 0 Å². The lowest BCUT2D eigenvalue weighted by molar-refractivity contribution is -0.212. The molecule has 80 valence electrons. The third kappa shape index (κ3) is 2.17. The molecule has 0 bridgehead atoms. The Morgan fingerprint density at radius 3 is 2.43 bits per heavy atom. The maximum Gasteiger partial charge on any atom is 0.190 e. The van der Waals surface area contributed by atoms with Crippen LogP contribution in [-0.2, 0) is 15.1 Å². The molecule has 3 nitrogen and oxygen atoms in total. The van der Waals surface area contributed by atoms with Gasteiger partial charge in [0.05, 0.1) is 4.88 Å². The summed E-state index contributed by atoms with van der Waals surface area (Å²) in [6, 6.07) is 1.89. The van der Waals surface area contributed by atoms with Crippen molar-refractivity contribution >= 4 is 27.3 Å². The summed E-state index contributed by atoms with van der Waals surface area (Å²) in [5, 5.41) is 12.1.